The number of hydrogen-bond acceptors (Lipinski definition) is 6. The first-order valence-electron chi connectivity index (χ1n) is 13.4. The molecular weight excluding hydrogens is 557 g/mol. The van der Waals surface area contributed by atoms with Gasteiger partial charge in [0.2, 0.25) is 5.91 Å². The van der Waals surface area contributed by atoms with Crippen LogP contribution < -0.4 is 5.32 Å². The summed E-state index contributed by atoms with van der Waals surface area (Å²) in [6.45, 7) is 3.14. The number of benzene rings is 2. The van der Waals surface area contributed by atoms with Crippen LogP contribution >= 0.6 is 23.2 Å². The number of amides is 2. The minimum atomic E-state index is -1.00. The highest BCUT2D eigenvalue weighted by molar-refractivity contribution is 6.42. The maximum absolute atomic E-state index is 13.5. The van der Waals surface area contributed by atoms with E-state index in [4.69, 9.17) is 37.4 Å². The van der Waals surface area contributed by atoms with Gasteiger partial charge in [0.05, 0.1) is 61.6 Å². The van der Waals surface area contributed by atoms with Crippen LogP contribution in [0.5, 0.6) is 0 Å². The maximum atomic E-state index is 13.5. The van der Waals surface area contributed by atoms with Gasteiger partial charge < -0.3 is 29.5 Å². The van der Waals surface area contributed by atoms with E-state index in [1.54, 1.807) is 37.3 Å². The topological polar surface area (TPSA) is 101 Å². The number of halogens is 2. The molecule has 0 aliphatic carbocycles. The van der Waals surface area contributed by atoms with Crippen molar-refractivity contribution in [2.45, 2.75) is 37.4 Å². The Kier molecular flexibility index (Phi) is 13.5. The molecule has 2 amide bonds. The molecule has 1 heterocycles. The van der Waals surface area contributed by atoms with Crippen LogP contribution in [-0.4, -0.2) is 99.3 Å². The van der Waals surface area contributed by atoms with Gasteiger partial charge in [0, 0.05) is 26.7 Å². The monoisotopic (exact) mass is 595 g/mol. The number of likely N-dealkylation sites (N-methyl/N-ethyl adjacent to an activating group) is 1. The highest BCUT2D eigenvalue weighted by atomic mass is 35.5. The van der Waals surface area contributed by atoms with Gasteiger partial charge in [0.1, 0.15) is 0 Å². The summed E-state index contributed by atoms with van der Waals surface area (Å²) in [5.74, 6) is -0.122. The zero-order chi connectivity index (χ0) is 28.9. The number of hydrogen-bond donors (Lipinski definition) is 2. The van der Waals surface area contributed by atoms with E-state index in [1.807, 2.05) is 30.3 Å². The summed E-state index contributed by atoms with van der Waals surface area (Å²) in [5, 5.41) is 14.4. The van der Waals surface area contributed by atoms with E-state index in [0.717, 1.165) is 17.7 Å². The van der Waals surface area contributed by atoms with Gasteiger partial charge >= 0.3 is 6.09 Å². The van der Waals surface area contributed by atoms with Crippen LogP contribution in [0.1, 0.15) is 30.0 Å². The van der Waals surface area contributed by atoms with Crippen molar-refractivity contribution in [3.05, 3.63) is 69.7 Å². The Hall–Kier alpha value is -2.40. The second kappa shape index (κ2) is 16.8. The lowest BCUT2D eigenvalue weighted by Crippen LogP contribution is -2.51. The lowest BCUT2D eigenvalue weighted by atomic mass is 9.96. The van der Waals surface area contributed by atoms with Gasteiger partial charge in [-0.25, -0.2) is 4.79 Å². The van der Waals surface area contributed by atoms with Crippen LogP contribution in [-0.2, 0) is 25.4 Å². The minimum absolute atomic E-state index is 0.122. The fourth-order valence-electron chi connectivity index (χ4n) is 4.90. The Morgan fingerprint density at radius 2 is 1.77 bits per heavy atom. The molecule has 0 bridgehead atoms. The molecule has 1 saturated heterocycles. The summed E-state index contributed by atoms with van der Waals surface area (Å²) in [5.41, 5.74) is 1.66. The van der Waals surface area contributed by atoms with Crippen molar-refractivity contribution in [2.75, 3.05) is 60.3 Å². The maximum Gasteiger partial charge on any atom is 0.407 e. The van der Waals surface area contributed by atoms with E-state index in [1.165, 1.54) is 4.90 Å². The number of nitrogens with one attached hydrogen (secondary N) is 1. The van der Waals surface area contributed by atoms with Crippen LogP contribution in [0, 0.1) is 0 Å². The van der Waals surface area contributed by atoms with Gasteiger partial charge in [-0.3, -0.25) is 9.69 Å². The third-order valence-electron chi connectivity index (χ3n) is 7.04. The van der Waals surface area contributed by atoms with Crippen LogP contribution in [0.2, 0.25) is 10.0 Å². The lowest BCUT2D eigenvalue weighted by molar-refractivity contribution is -0.132. The van der Waals surface area contributed by atoms with Gasteiger partial charge in [-0.15, -0.1) is 0 Å². The summed E-state index contributed by atoms with van der Waals surface area (Å²) in [6.07, 6.45) is 0.202. The highest BCUT2D eigenvalue weighted by Crippen LogP contribution is 2.30. The zero-order valence-electron chi connectivity index (χ0n) is 23.1. The van der Waals surface area contributed by atoms with E-state index in [-0.39, 0.29) is 31.0 Å². The van der Waals surface area contributed by atoms with Crippen molar-refractivity contribution in [1.29, 1.82) is 0 Å². The molecule has 0 radical (unpaired) electrons. The Morgan fingerprint density at radius 3 is 2.42 bits per heavy atom. The van der Waals surface area contributed by atoms with E-state index in [0.29, 0.717) is 55.9 Å². The Balaban J connectivity index is 1.81. The first kappa shape index (κ1) is 32.1. The van der Waals surface area contributed by atoms with E-state index >= 15 is 0 Å². The molecule has 0 spiro atoms. The SMILES string of the molecule is COCCOCCOCC(C[C@@H](c1ccccc1)N(C)C(=O)Cc1ccc(Cl)c(Cl)c1)N(C(=O)O)[C@H]1CCNC1. The molecule has 3 rings (SSSR count). The smallest absolute Gasteiger partial charge is 0.407 e. The van der Waals surface area contributed by atoms with Gasteiger partial charge in [-0.05, 0) is 42.6 Å². The summed E-state index contributed by atoms with van der Waals surface area (Å²) in [6, 6.07) is 13.7. The minimum Gasteiger partial charge on any atom is -0.465 e. The molecule has 0 aromatic heterocycles. The largest absolute Gasteiger partial charge is 0.465 e. The van der Waals surface area contributed by atoms with Gasteiger partial charge in [-0.2, -0.15) is 0 Å². The molecule has 3 atom stereocenters. The van der Waals surface area contributed by atoms with Crippen molar-refractivity contribution < 1.29 is 28.9 Å². The number of methoxy groups -OCH3 is 1. The summed E-state index contributed by atoms with van der Waals surface area (Å²) in [4.78, 5) is 29.2. The molecule has 11 heteroatoms. The number of nitrogens with zero attached hydrogens (tertiary/aromatic N) is 2. The number of rotatable bonds is 16. The molecule has 1 fully saturated rings. The molecule has 1 aliphatic rings. The van der Waals surface area contributed by atoms with Crippen molar-refractivity contribution in [3.63, 3.8) is 0 Å². The normalized spacial score (nSPS) is 16.4. The molecule has 2 N–H and O–H groups in total. The molecule has 1 unspecified atom stereocenters. The molecule has 40 heavy (non-hydrogen) atoms. The fourth-order valence-corrected chi connectivity index (χ4v) is 5.22. The summed E-state index contributed by atoms with van der Waals surface area (Å²) < 4.78 is 16.4. The number of carbonyl (C=O) groups is 2. The second-order valence-corrected chi connectivity index (χ2v) is 10.6. The van der Waals surface area contributed by atoms with Crippen molar-refractivity contribution in [2.24, 2.45) is 0 Å². The average Bonchev–Trinajstić information content (AvgIpc) is 3.47. The van der Waals surface area contributed by atoms with E-state index in [2.05, 4.69) is 5.32 Å². The average molecular weight is 597 g/mol. The summed E-state index contributed by atoms with van der Waals surface area (Å²) >= 11 is 12.2. The number of ether oxygens (including phenoxy) is 3. The third kappa shape index (κ3) is 9.61. The molecule has 1 aliphatic heterocycles. The summed E-state index contributed by atoms with van der Waals surface area (Å²) in [7, 11) is 3.36. The lowest BCUT2D eigenvalue weighted by Gasteiger charge is -2.38. The Bertz CT molecular complexity index is 1070. The quantitative estimate of drug-likeness (QED) is 0.275. The Morgan fingerprint density at radius 1 is 1.05 bits per heavy atom. The van der Waals surface area contributed by atoms with E-state index in [9.17, 15) is 14.7 Å². The highest BCUT2D eigenvalue weighted by Gasteiger charge is 2.36. The first-order valence-corrected chi connectivity index (χ1v) is 14.2. The van der Waals surface area contributed by atoms with Crippen LogP contribution in [0.15, 0.2) is 48.5 Å². The van der Waals surface area contributed by atoms with Crippen LogP contribution in [0.4, 0.5) is 4.79 Å². The van der Waals surface area contributed by atoms with E-state index < -0.39 is 12.1 Å². The van der Waals surface area contributed by atoms with Crippen molar-refractivity contribution in [1.82, 2.24) is 15.1 Å². The molecule has 220 valence electrons. The predicted octanol–water partition coefficient (Wildman–Crippen LogP) is 4.52. The molecule has 2 aromatic rings. The second-order valence-electron chi connectivity index (χ2n) is 9.76. The first-order chi connectivity index (χ1) is 19.3. The van der Waals surface area contributed by atoms with Crippen molar-refractivity contribution in [3.8, 4) is 0 Å². The zero-order valence-corrected chi connectivity index (χ0v) is 24.6. The van der Waals surface area contributed by atoms with Gasteiger partial charge in [0.15, 0.2) is 0 Å². The third-order valence-corrected chi connectivity index (χ3v) is 7.77. The fraction of sp³-hybridized carbons (Fsp3) is 0.517. The van der Waals surface area contributed by atoms with Crippen LogP contribution in [0.3, 0.4) is 0 Å². The molecule has 0 saturated carbocycles. The van der Waals surface area contributed by atoms with Crippen molar-refractivity contribution >= 4 is 35.2 Å². The number of carbonyl (C=O) groups excluding carboxylic acids is 1. The molecular formula is C29H39Cl2N3O6. The Labute approximate surface area is 246 Å². The predicted molar refractivity (Wildman–Crippen MR) is 155 cm³/mol. The van der Waals surface area contributed by atoms with Gasteiger partial charge in [-0.1, -0.05) is 59.6 Å². The molecule has 9 nitrogen and oxygen atoms in total. The number of carboxylic acid groups (broad SMARTS) is 1. The molecule has 2 aromatic carbocycles. The van der Waals surface area contributed by atoms with Gasteiger partial charge in [0.25, 0.3) is 0 Å². The van der Waals surface area contributed by atoms with Crippen LogP contribution in [0.25, 0.3) is 0 Å². The standard InChI is InChI=1S/C29H39Cl2N3O6/c1-33(28(35)17-21-8-9-25(30)26(31)16-21)27(22-6-4-3-5-7-22)18-24(20-40-15-14-39-13-12-38-2)34(29(36)37)23-10-11-32-19-23/h3-9,16,23-24,27,32H,10-15,17-20H2,1-2H3,(H,36,37)/t23-,24?,27-/m0/s1.